The molecule has 3 amide bonds. The van der Waals surface area contributed by atoms with Crippen LogP contribution in [0.3, 0.4) is 0 Å². The van der Waals surface area contributed by atoms with Crippen LogP contribution in [0.4, 0.5) is 9.93 Å². The Hall–Kier alpha value is -2.82. The molecule has 3 rings (SSSR count). The largest absolute Gasteiger partial charge is 0.477 e. The molecule has 13 nitrogen and oxygen atoms in total. The number of fused-ring (bicyclic) bond motifs is 1. The lowest BCUT2D eigenvalue weighted by Gasteiger charge is -2.49. The summed E-state index contributed by atoms with van der Waals surface area (Å²) in [4.78, 5) is 60.3. The van der Waals surface area contributed by atoms with Crippen molar-refractivity contribution in [2.75, 3.05) is 31.2 Å². The summed E-state index contributed by atoms with van der Waals surface area (Å²) in [6.45, 7) is 5.15. The summed E-state index contributed by atoms with van der Waals surface area (Å²) < 4.78 is 10.2. The van der Waals surface area contributed by atoms with Crippen LogP contribution in [0.15, 0.2) is 21.1 Å². The molecule has 0 spiro atoms. The molecule has 36 heavy (non-hydrogen) atoms. The molecule has 0 radical (unpaired) electrons. The Labute approximate surface area is 219 Å². The molecular weight excluding hydrogens is 534 g/mol. The van der Waals surface area contributed by atoms with Crippen LogP contribution < -0.4 is 10.6 Å². The minimum atomic E-state index is -1.23. The Kier molecular flexibility index (Phi) is 8.86. The first kappa shape index (κ1) is 27.8. The number of anilines is 1. The molecule has 1 aromatic rings. The molecule has 2 atom stereocenters. The molecule has 0 unspecified atom stereocenters. The van der Waals surface area contributed by atoms with E-state index in [0.717, 1.165) is 16.2 Å². The van der Waals surface area contributed by atoms with Gasteiger partial charge in [0.1, 0.15) is 35.5 Å². The van der Waals surface area contributed by atoms with Gasteiger partial charge in [0, 0.05) is 23.1 Å². The third-order valence-electron chi connectivity index (χ3n) is 4.53. The van der Waals surface area contributed by atoms with E-state index in [9.17, 15) is 24.3 Å². The highest BCUT2D eigenvalue weighted by Gasteiger charge is 2.54. The minimum absolute atomic E-state index is 0.106. The lowest BCUT2D eigenvalue weighted by atomic mass is 10.0. The fourth-order valence-corrected chi connectivity index (χ4v) is 6.16. The maximum atomic E-state index is 13.0. The van der Waals surface area contributed by atoms with E-state index in [1.165, 1.54) is 43.1 Å². The van der Waals surface area contributed by atoms with Crippen molar-refractivity contribution in [3.63, 3.8) is 0 Å². The van der Waals surface area contributed by atoms with Crippen LogP contribution in [-0.4, -0.2) is 87.5 Å². The molecule has 196 valence electrons. The van der Waals surface area contributed by atoms with Gasteiger partial charge in [-0.25, -0.2) is 14.6 Å². The van der Waals surface area contributed by atoms with Gasteiger partial charge in [0.15, 0.2) is 10.8 Å². The number of carboxylic acids is 1. The number of hydrogen-bond donors (Lipinski definition) is 3. The number of carboxylic acid groups (broad SMARTS) is 1. The number of aliphatic carboxylic acids is 1. The summed E-state index contributed by atoms with van der Waals surface area (Å²) >= 11 is 3.57. The van der Waals surface area contributed by atoms with Gasteiger partial charge in [-0.1, -0.05) is 16.9 Å². The first-order chi connectivity index (χ1) is 17.0. The molecule has 3 heterocycles. The van der Waals surface area contributed by atoms with Gasteiger partial charge in [0.2, 0.25) is 0 Å². The van der Waals surface area contributed by atoms with Gasteiger partial charge in [-0.05, 0) is 20.8 Å². The number of thiazole rings is 1. The number of thioether (sulfide) groups is 2. The fraction of sp³-hybridized carbons (Fsp3) is 0.500. The number of oxime groups is 1. The smallest absolute Gasteiger partial charge is 0.413 e. The van der Waals surface area contributed by atoms with Crippen molar-refractivity contribution in [2.24, 2.45) is 5.16 Å². The third kappa shape index (κ3) is 6.29. The van der Waals surface area contributed by atoms with Gasteiger partial charge in [0.25, 0.3) is 11.8 Å². The summed E-state index contributed by atoms with van der Waals surface area (Å²) in [6.07, 6.45) is -0.710. The Morgan fingerprint density at radius 3 is 2.67 bits per heavy atom. The van der Waals surface area contributed by atoms with Crippen molar-refractivity contribution in [3.05, 3.63) is 21.7 Å². The lowest BCUT2D eigenvalue weighted by Crippen LogP contribution is -2.71. The number of carbonyl (C=O) groups excluding carboxylic acids is 3. The Morgan fingerprint density at radius 1 is 1.33 bits per heavy atom. The van der Waals surface area contributed by atoms with E-state index in [4.69, 9.17) is 14.3 Å². The molecule has 2 aliphatic rings. The summed E-state index contributed by atoms with van der Waals surface area (Å²) in [5.41, 5.74) is -0.927. The van der Waals surface area contributed by atoms with E-state index < -0.39 is 40.9 Å². The normalized spacial score (nSPS) is 19.9. The van der Waals surface area contributed by atoms with E-state index in [-0.39, 0.29) is 28.2 Å². The molecule has 1 fully saturated rings. The van der Waals surface area contributed by atoms with Crippen LogP contribution in [0.2, 0.25) is 0 Å². The third-order valence-corrected chi connectivity index (χ3v) is 7.79. The highest BCUT2D eigenvalue weighted by atomic mass is 32.2. The monoisotopic (exact) mass is 559 g/mol. The zero-order valence-corrected chi connectivity index (χ0v) is 22.5. The van der Waals surface area contributed by atoms with Gasteiger partial charge in [-0.2, -0.15) is 0 Å². The van der Waals surface area contributed by atoms with Crippen molar-refractivity contribution in [3.8, 4) is 0 Å². The first-order valence-corrected chi connectivity index (χ1v) is 13.3. The molecule has 1 aromatic heterocycles. The average molecular weight is 560 g/mol. The van der Waals surface area contributed by atoms with Gasteiger partial charge >= 0.3 is 12.1 Å². The van der Waals surface area contributed by atoms with Gasteiger partial charge < -0.3 is 24.7 Å². The number of rotatable bonds is 9. The number of amides is 3. The highest BCUT2D eigenvalue weighted by molar-refractivity contribution is 8.06. The standard InChI is InChI=1S/C20H25N5O8S3/c1-20(2,3)33-19(30)23-18-21-9(6-35-18)11(24-32-5)14(26)22-12-15(27)25-13(17(28)29)10(36-8-31-4)7-34-16(12)25/h6,12,16H,7-8H2,1-5H3,(H,22,26)(H,28,29)(H,21,23,30)/b24-11-/t12-,16-/m1/s1. The van der Waals surface area contributed by atoms with Gasteiger partial charge in [-0.3, -0.25) is 19.8 Å². The summed E-state index contributed by atoms with van der Waals surface area (Å²) in [5, 5.41) is 19.5. The van der Waals surface area contributed by atoms with Crippen molar-refractivity contribution in [1.82, 2.24) is 15.2 Å². The first-order valence-electron chi connectivity index (χ1n) is 10.4. The van der Waals surface area contributed by atoms with Crippen LogP contribution in [0.25, 0.3) is 0 Å². The van der Waals surface area contributed by atoms with Crippen LogP contribution in [0.5, 0.6) is 0 Å². The van der Waals surface area contributed by atoms with Crippen LogP contribution in [0.1, 0.15) is 26.5 Å². The molecule has 2 aliphatic heterocycles. The van der Waals surface area contributed by atoms with E-state index in [0.29, 0.717) is 10.7 Å². The average Bonchev–Trinajstić information content (AvgIpc) is 3.24. The molecule has 1 saturated heterocycles. The predicted octanol–water partition coefficient (Wildman–Crippen LogP) is 1.87. The topological polar surface area (TPSA) is 169 Å². The molecule has 0 aromatic carbocycles. The summed E-state index contributed by atoms with van der Waals surface area (Å²) in [6, 6.07) is -0.967. The lowest BCUT2D eigenvalue weighted by molar-refractivity contribution is -0.150. The number of β-lactam (4-membered cyclic amide) rings is 1. The number of carbonyl (C=O) groups is 4. The zero-order valence-electron chi connectivity index (χ0n) is 20.0. The molecule has 0 aliphatic carbocycles. The maximum Gasteiger partial charge on any atom is 0.413 e. The highest BCUT2D eigenvalue weighted by Crippen LogP contribution is 2.43. The van der Waals surface area contributed by atoms with Crippen LogP contribution in [0, 0.1) is 0 Å². The minimum Gasteiger partial charge on any atom is -0.477 e. The number of aromatic nitrogens is 1. The second kappa shape index (κ2) is 11.5. The molecule has 3 N–H and O–H groups in total. The maximum absolute atomic E-state index is 13.0. The van der Waals surface area contributed by atoms with Crippen molar-refractivity contribution < 1.29 is 38.6 Å². The number of nitrogens with one attached hydrogen (secondary N) is 2. The fourth-order valence-electron chi connectivity index (χ4n) is 3.17. The molecule has 0 bridgehead atoms. The van der Waals surface area contributed by atoms with Crippen LogP contribution >= 0.6 is 34.9 Å². The number of ether oxygens (including phenoxy) is 2. The Bertz CT molecular complexity index is 1110. The quantitative estimate of drug-likeness (QED) is 0.175. The molecule has 0 saturated carbocycles. The number of hydrogen-bond acceptors (Lipinski definition) is 12. The van der Waals surface area contributed by atoms with Gasteiger partial charge in [0.05, 0.1) is 5.94 Å². The molecular formula is C20H25N5O8S3. The van der Waals surface area contributed by atoms with Crippen LogP contribution in [-0.2, 0) is 28.7 Å². The Morgan fingerprint density at radius 2 is 2.06 bits per heavy atom. The van der Waals surface area contributed by atoms with Crippen molar-refractivity contribution in [1.29, 1.82) is 0 Å². The second-order valence-corrected chi connectivity index (χ2v) is 11.3. The van der Waals surface area contributed by atoms with Crippen molar-refractivity contribution in [2.45, 2.75) is 37.8 Å². The summed E-state index contributed by atoms with van der Waals surface area (Å²) in [7, 11) is 2.74. The summed E-state index contributed by atoms with van der Waals surface area (Å²) in [5.74, 6) is -1.94. The van der Waals surface area contributed by atoms with E-state index in [2.05, 4.69) is 20.8 Å². The second-order valence-electron chi connectivity index (χ2n) is 8.28. The van der Waals surface area contributed by atoms with Gasteiger partial charge in [-0.15, -0.1) is 23.1 Å². The zero-order chi connectivity index (χ0) is 26.6. The van der Waals surface area contributed by atoms with E-state index >= 15 is 0 Å². The SMILES string of the molecule is COCSC1=C(C(=O)O)N2C(=O)[C@@H](NC(=O)/C(=N\OC)c3csc(NC(=O)OC(C)(C)C)n3)[C@H]2SC1. The van der Waals surface area contributed by atoms with E-state index in [1.54, 1.807) is 20.8 Å². The van der Waals surface area contributed by atoms with Crippen molar-refractivity contribution >= 4 is 69.6 Å². The number of methoxy groups -OCH3 is 1. The molecule has 16 heteroatoms. The Balaban J connectivity index is 1.71. The predicted molar refractivity (Wildman–Crippen MR) is 135 cm³/mol. The van der Waals surface area contributed by atoms with E-state index in [1.807, 2.05) is 0 Å². The number of nitrogens with zero attached hydrogens (tertiary/aromatic N) is 3.